The molecule has 1 rings (SSSR count). The smallest absolute Gasteiger partial charge is 0.321 e. The summed E-state index contributed by atoms with van der Waals surface area (Å²) < 4.78 is 0. The van der Waals surface area contributed by atoms with Gasteiger partial charge in [-0.2, -0.15) is 0 Å². The first-order valence-corrected chi connectivity index (χ1v) is 7.16. The van der Waals surface area contributed by atoms with E-state index < -0.39 is 23.3 Å². The van der Waals surface area contributed by atoms with Crippen LogP contribution in [0.15, 0.2) is 0 Å². The summed E-state index contributed by atoms with van der Waals surface area (Å²) in [5.74, 6) is 4.19. The largest absolute Gasteiger partial charge is 0.481 e. The molecule has 1 aliphatic carbocycles. The van der Waals surface area contributed by atoms with Crippen LogP contribution in [0.3, 0.4) is 0 Å². The molecule has 21 heavy (non-hydrogen) atoms. The first kappa shape index (κ1) is 17.0. The molecule has 1 aliphatic rings. The number of carboxylic acid groups (broad SMARTS) is 1. The summed E-state index contributed by atoms with van der Waals surface area (Å²) >= 11 is 0. The first-order chi connectivity index (χ1) is 9.97. The highest BCUT2D eigenvalue weighted by molar-refractivity contribution is 5.94. The predicted molar refractivity (Wildman–Crippen MR) is 77.4 cm³/mol. The molecule has 6 nitrogen and oxygen atoms in total. The zero-order valence-electron chi connectivity index (χ0n) is 12.3. The highest BCUT2D eigenvalue weighted by Gasteiger charge is 2.38. The zero-order chi connectivity index (χ0) is 15.7. The van der Waals surface area contributed by atoms with Crippen LogP contribution in [0.4, 0.5) is 4.79 Å². The van der Waals surface area contributed by atoms with Gasteiger partial charge in [-0.1, -0.05) is 12.8 Å². The maximum absolute atomic E-state index is 11.9. The molecule has 0 radical (unpaired) electrons. The number of aliphatic carboxylic acids is 1. The minimum absolute atomic E-state index is 0.0197. The molecule has 0 aromatic heterocycles. The summed E-state index contributed by atoms with van der Waals surface area (Å²) in [6.45, 7) is 2.09. The predicted octanol–water partition coefficient (Wildman–Crippen LogP) is 1.65. The molecule has 0 bridgehead atoms. The number of carbonyl (C=O) groups excluding carboxylic acids is 2. The average molecular weight is 294 g/mol. The molecule has 6 heteroatoms. The summed E-state index contributed by atoms with van der Waals surface area (Å²) in [6.07, 6.45) is 3.91. The zero-order valence-corrected chi connectivity index (χ0v) is 12.3. The highest BCUT2D eigenvalue weighted by atomic mass is 16.4. The van der Waals surface area contributed by atoms with Crippen molar-refractivity contribution in [3.05, 3.63) is 0 Å². The lowest BCUT2D eigenvalue weighted by molar-refractivity contribution is -0.140. The van der Waals surface area contributed by atoms with Crippen LogP contribution in [0.2, 0.25) is 0 Å². The Bertz CT molecular complexity index is 456. The Morgan fingerprint density at radius 3 is 2.43 bits per heavy atom. The fourth-order valence-electron chi connectivity index (χ4n) is 2.78. The number of hydrogen-bond acceptors (Lipinski definition) is 3. The second-order valence-electron chi connectivity index (χ2n) is 5.44. The van der Waals surface area contributed by atoms with Crippen molar-refractivity contribution >= 4 is 17.9 Å². The molecule has 0 aromatic carbocycles. The lowest BCUT2D eigenvalue weighted by atomic mass is 9.79. The van der Waals surface area contributed by atoms with Crippen LogP contribution in [-0.2, 0) is 9.59 Å². The third kappa shape index (κ3) is 6.30. The van der Waals surface area contributed by atoms with E-state index in [1.807, 2.05) is 0 Å². The van der Waals surface area contributed by atoms with Crippen LogP contribution in [0, 0.1) is 17.3 Å². The van der Waals surface area contributed by atoms with E-state index in [0.717, 1.165) is 25.7 Å². The molecular weight excluding hydrogens is 272 g/mol. The van der Waals surface area contributed by atoms with Gasteiger partial charge in [-0.25, -0.2) is 4.79 Å². The lowest BCUT2D eigenvalue weighted by Crippen LogP contribution is -2.42. The van der Waals surface area contributed by atoms with E-state index in [9.17, 15) is 14.4 Å². The molecule has 0 saturated heterocycles. The number of hydrogen-bond donors (Lipinski definition) is 3. The quantitative estimate of drug-likeness (QED) is 0.512. The van der Waals surface area contributed by atoms with E-state index in [1.54, 1.807) is 6.92 Å². The second kappa shape index (κ2) is 8.30. The second-order valence-corrected chi connectivity index (χ2v) is 5.44. The maximum Gasteiger partial charge on any atom is 0.321 e. The lowest BCUT2D eigenvalue weighted by Gasteiger charge is -2.26. The normalized spacial score (nSPS) is 15.7. The Kier molecular flexibility index (Phi) is 6.73. The van der Waals surface area contributed by atoms with Crippen molar-refractivity contribution in [1.82, 2.24) is 10.6 Å². The van der Waals surface area contributed by atoms with Crippen molar-refractivity contribution < 1.29 is 19.5 Å². The summed E-state index contributed by atoms with van der Waals surface area (Å²) in [5.41, 5.74) is -0.496. The molecule has 0 heterocycles. The van der Waals surface area contributed by atoms with Crippen LogP contribution in [0.5, 0.6) is 0 Å². The van der Waals surface area contributed by atoms with Crippen molar-refractivity contribution in [2.75, 3.05) is 6.54 Å². The molecular formula is C15H22N2O4. The van der Waals surface area contributed by atoms with Gasteiger partial charge in [-0.15, -0.1) is 11.8 Å². The van der Waals surface area contributed by atoms with Gasteiger partial charge in [0.15, 0.2) is 0 Å². The van der Waals surface area contributed by atoms with E-state index in [-0.39, 0.29) is 12.8 Å². The van der Waals surface area contributed by atoms with Gasteiger partial charge >= 0.3 is 12.0 Å². The van der Waals surface area contributed by atoms with Gasteiger partial charge in [0.1, 0.15) is 0 Å². The number of amides is 3. The molecule has 0 aliphatic heterocycles. The Morgan fingerprint density at radius 2 is 1.86 bits per heavy atom. The standard InChI is InChI=1S/C15H22N2O4/c1-2-3-6-9-16-14(21)17-12(18)10-15(11-13(19)20)7-4-5-8-15/h4-11H2,1H3,(H,19,20)(H2,16,17,18,21). The van der Waals surface area contributed by atoms with Crippen molar-refractivity contribution in [3.63, 3.8) is 0 Å². The van der Waals surface area contributed by atoms with Crippen molar-refractivity contribution in [3.8, 4) is 11.8 Å². The van der Waals surface area contributed by atoms with Crippen LogP contribution in [0.1, 0.15) is 51.9 Å². The third-order valence-corrected chi connectivity index (χ3v) is 3.69. The molecule has 0 aromatic rings. The van der Waals surface area contributed by atoms with Gasteiger partial charge in [-0.05, 0) is 25.2 Å². The Hall–Kier alpha value is -2.03. The number of rotatable bonds is 6. The highest BCUT2D eigenvalue weighted by Crippen LogP contribution is 2.43. The van der Waals surface area contributed by atoms with Gasteiger partial charge < -0.3 is 10.4 Å². The molecule has 0 atom stereocenters. The van der Waals surface area contributed by atoms with Crippen LogP contribution >= 0.6 is 0 Å². The minimum atomic E-state index is -0.896. The van der Waals surface area contributed by atoms with E-state index in [1.165, 1.54) is 0 Å². The van der Waals surface area contributed by atoms with Crippen molar-refractivity contribution in [1.29, 1.82) is 0 Å². The Morgan fingerprint density at radius 1 is 1.19 bits per heavy atom. The first-order valence-electron chi connectivity index (χ1n) is 7.16. The number of imide groups is 1. The van der Waals surface area contributed by atoms with E-state index in [2.05, 4.69) is 22.5 Å². The van der Waals surface area contributed by atoms with E-state index in [0.29, 0.717) is 13.0 Å². The maximum atomic E-state index is 11.9. The van der Waals surface area contributed by atoms with Gasteiger partial charge in [0, 0.05) is 19.4 Å². The van der Waals surface area contributed by atoms with Crippen LogP contribution in [0.25, 0.3) is 0 Å². The van der Waals surface area contributed by atoms with Crippen LogP contribution < -0.4 is 10.6 Å². The monoisotopic (exact) mass is 294 g/mol. The summed E-state index contributed by atoms with van der Waals surface area (Å²) in [7, 11) is 0. The Labute approximate surface area is 124 Å². The fourth-order valence-corrected chi connectivity index (χ4v) is 2.78. The molecule has 0 unspecified atom stereocenters. The number of urea groups is 1. The van der Waals surface area contributed by atoms with Gasteiger partial charge in [-0.3, -0.25) is 14.9 Å². The molecule has 0 spiro atoms. The molecule has 1 saturated carbocycles. The fraction of sp³-hybridized carbons (Fsp3) is 0.667. The number of nitrogens with one attached hydrogen (secondary N) is 2. The number of carboxylic acids is 1. The molecule has 1 fully saturated rings. The third-order valence-electron chi connectivity index (χ3n) is 3.69. The SMILES string of the molecule is CC#CCCNC(=O)NC(=O)CC1(CC(=O)O)CCCC1. The van der Waals surface area contributed by atoms with Crippen LogP contribution in [-0.4, -0.2) is 29.6 Å². The molecule has 3 N–H and O–H groups in total. The molecule has 3 amide bonds. The van der Waals surface area contributed by atoms with E-state index >= 15 is 0 Å². The topological polar surface area (TPSA) is 95.5 Å². The van der Waals surface area contributed by atoms with E-state index in [4.69, 9.17) is 5.11 Å². The summed E-state index contributed by atoms with van der Waals surface area (Å²) in [4.78, 5) is 34.3. The van der Waals surface area contributed by atoms with Gasteiger partial charge in [0.25, 0.3) is 0 Å². The van der Waals surface area contributed by atoms with Gasteiger partial charge in [0.2, 0.25) is 5.91 Å². The van der Waals surface area contributed by atoms with Gasteiger partial charge in [0.05, 0.1) is 6.42 Å². The minimum Gasteiger partial charge on any atom is -0.481 e. The number of carbonyl (C=O) groups is 3. The van der Waals surface area contributed by atoms with Crippen molar-refractivity contribution in [2.24, 2.45) is 5.41 Å². The summed E-state index contributed by atoms with van der Waals surface area (Å²) in [6, 6.07) is -0.554. The summed E-state index contributed by atoms with van der Waals surface area (Å²) in [5, 5.41) is 13.8. The Balaban J connectivity index is 2.41. The molecule has 116 valence electrons. The van der Waals surface area contributed by atoms with Crippen molar-refractivity contribution in [2.45, 2.75) is 51.9 Å². The average Bonchev–Trinajstić information content (AvgIpc) is 2.81.